The van der Waals surface area contributed by atoms with Gasteiger partial charge in [0.1, 0.15) is 0 Å². The number of nitrogens with one attached hydrogen (secondary N) is 1. The van der Waals surface area contributed by atoms with Gasteiger partial charge in [0.05, 0.1) is 21.8 Å². The normalized spacial score (nSPS) is 19.9. The molecule has 0 radical (unpaired) electrons. The lowest BCUT2D eigenvalue weighted by molar-refractivity contribution is -0.118. The minimum absolute atomic E-state index is 0.0628. The summed E-state index contributed by atoms with van der Waals surface area (Å²) in [5.41, 5.74) is 0.697. The van der Waals surface area contributed by atoms with E-state index in [4.69, 9.17) is 23.2 Å². The number of amides is 1. The first-order valence-corrected chi connectivity index (χ1v) is 6.77. The zero-order valence-electron chi connectivity index (χ0n) is 10.4. The molecule has 1 N–H and O–H groups in total. The predicted molar refractivity (Wildman–Crippen MR) is 75.5 cm³/mol. The molecule has 1 unspecified atom stereocenters. The molecule has 98 valence electrons. The first-order chi connectivity index (χ1) is 8.50. The zero-order chi connectivity index (χ0) is 13.3. The molecule has 5 heteroatoms. The third kappa shape index (κ3) is 2.63. The van der Waals surface area contributed by atoms with Crippen LogP contribution in [0, 0.1) is 0 Å². The van der Waals surface area contributed by atoms with E-state index in [0.29, 0.717) is 22.3 Å². The lowest BCUT2D eigenvalue weighted by Gasteiger charge is -2.19. The van der Waals surface area contributed by atoms with E-state index in [1.165, 1.54) is 0 Å². The van der Waals surface area contributed by atoms with Crippen LogP contribution in [0.5, 0.6) is 0 Å². The minimum Gasteiger partial charge on any atom is -0.309 e. The second-order valence-electron chi connectivity index (χ2n) is 4.73. The Hall–Kier alpha value is -0.770. The van der Waals surface area contributed by atoms with Crippen LogP contribution in [0.25, 0.3) is 0 Å². The quantitative estimate of drug-likeness (QED) is 0.926. The van der Waals surface area contributed by atoms with E-state index < -0.39 is 0 Å². The Morgan fingerprint density at radius 1 is 1.39 bits per heavy atom. The molecule has 18 heavy (non-hydrogen) atoms. The van der Waals surface area contributed by atoms with Crippen molar-refractivity contribution in [3.63, 3.8) is 0 Å². The van der Waals surface area contributed by atoms with E-state index in [9.17, 15) is 4.79 Å². The Kier molecular flexibility index (Phi) is 4.15. The molecule has 1 aliphatic rings. The number of anilines is 1. The number of nitrogens with zero attached hydrogens (tertiary/aromatic N) is 1. The number of hydrogen-bond acceptors (Lipinski definition) is 2. The molecular formula is C13H16Cl2N2O. The van der Waals surface area contributed by atoms with Crippen LogP contribution in [0.15, 0.2) is 18.2 Å². The molecule has 1 aromatic rings. The van der Waals surface area contributed by atoms with E-state index in [-0.39, 0.29) is 18.0 Å². The van der Waals surface area contributed by atoms with Crippen molar-refractivity contribution in [1.29, 1.82) is 0 Å². The maximum absolute atomic E-state index is 12.3. The average molecular weight is 287 g/mol. The number of benzene rings is 1. The van der Waals surface area contributed by atoms with Crippen molar-refractivity contribution in [3.05, 3.63) is 28.2 Å². The topological polar surface area (TPSA) is 32.3 Å². The van der Waals surface area contributed by atoms with Crippen molar-refractivity contribution in [3.8, 4) is 0 Å². The van der Waals surface area contributed by atoms with Crippen LogP contribution in [0.2, 0.25) is 10.0 Å². The van der Waals surface area contributed by atoms with Crippen molar-refractivity contribution in [2.24, 2.45) is 0 Å². The Morgan fingerprint density at radius 2 is 2.11 bits per heavy atom. The Labute approximate surface area is 117 Å². The average Bonchev–Trinajstić information content (AvgIpc) is 2.64. The van der Waals surface area contributed by atoms with E-state index in [1.807, 2.05) is 19.9 Å². The standard InChI is InChI=1S/C13H16Cl2N2O/c1-8(2)16-10-6-7-17(13(10)18)11-5-3-4-9(14)12(11)15/h3-5,8,10,16H,6-7H2,1-2H3. The smallest absolute Gasteiger partial charge is 0.244 e. The first-order valence-electron chi connectivity index (χ1n) is 6.02. The van der Waals surface area contributed by atoms with E-state index in [2.05, 4.69) is 5.32 Å². The van der Waals surface area contributed by atoms with Crippen molar-refractivity contribution >= 4 is 34.8 Å². The lowest BCUT2D eigenvalue weighted by atomic mass is 10.2. The highest BCUT2D eigenvalue weighted by atomic mass is 35.5. The third-order valence-electron chi connectivity index (χ3n) is 2.96. The summed E-state index contributed by atoms with van der Waals surface area (Å²) in [6.07, 6.45) is 0.792. The first kappa shape index (κ1) is 13.7. The van der Waals surface area contributed by atoms with Crippen LogP contribution in [-0.4, -0.2) is 24.5 Å². The van der Waals surface area contributed by atoms with Gasteiger partial charge in [0.25, 0.3) is 0 Å². The molecule has 0 saturated carbocycles. The third-order valence-corrected chi connectivity index (χ3v) is 3.77. The monoisotopic (exact) mass is 286 g/mol. The summed E-state index contributed by atoms with van der Waals surface area (Å²) in [4.78, 5) is 14.0. The van der Waals surface area contributed by atoms with Gasteiger partial charge in [0, 0.05) is 12.6 Å². The minimum atomic E-state index is -0.125. The van der Waals surface area contributed by atoms with Crippen molar-refractivity contribution < 1.29 is 4.79 Å². The van der Waals surface area contributed by atoms with Gasteiger partial charge in [-0.25, -0.2) is 0 Å². The molecule has 1 atom stereocenters. The summed E-state index contributed by atoms with van der Waals surface area (Å²) in [7, 11) is 0. The van der Waals surface area contributed by atoms with Gasteiger partial charge in [-0.15, -0.1) is 0 Å². The fourth-order valence-corrected chi connectivity index (χ4v) is 2.57. The van der Waals surface area contributed by atoms with E-state index in [0.717, 1.165) is 6.42 Å². The van der Waals surface area contributed by atoms with Crippen LogP contribution in [0.1, 0.15) is 20.3 Å². The molecule has 0 aliphatic carbocycles. The molecule has 2 rings (SSSR count). The maximum Gasteiger partial charge on any atom is 0.244 e. The molecule has 0 spiro atoms. The lowest BCUT2D eigenvalue weighted by Crippen LogP contribution is -2.41. The number of rotatable bonds is 3. The summed E-state index contributed by atoms with van der Waals surface area (Å²) >= 11 is 12.1. The zero-order valence-corrected chi connectivity index (χ0v) is 11.9. The van der Waals surface area contributed by atoms with Gasteiger partial charge < -0.3 is 10.2 Å². The highest BCUT2D eigenvalue weighted by Gasteiger charge is 2.33. The highest BCUT2D eigenvalue weighted by molar-refractivity contribution is 6.44. The Bertz CT molecular complexity index is 462. The molecule has 1 saturated heterocycles. The summed E-state index contributed by atoms with van der Waals surface area (Å²) in [5.74, 6) is 0.0628. The molecule has 1 aromatic carbocycles. The van der Waals surface area contributed by atoms with Gasteiger partial charge in [-0.3, -0.25) is 4.79 Å². The molecule has 1 fully saturated rings. The predicted octanol–water partition coefficient (Wildman–Crippen LogP) is 3.10. The summed E-state index contributed by atoms with van der Waals surface area (Å²) < 4.78 is 0. The van der Waals surface area contributed by atoms with Gasteiger partial charge >= 0.3 is 0 Å². The van der Waals surface area contributed by atoms with Gasteiger partial charge in [0.15, 0.2) is 0 Å². The molecule has 1 heterocycles. The maximum atomic E-state index is 12.3. The molecule has 0 aromatic heterocycles. The van der Waals surface area contributed by atoms with E-state index >= 15 is 0 Å². The number of halogens is 2. The summed E-state index contributed by atoms with van der Waals surface area (Å²) in [6.45, 7) is 4.73. The SMILES string of the molecule is CC(C)NC1CCN(c2cccc(Cl)c2Cl)C1=O. The fraction of sp³-hybridized carbons (Fsp3) is 0.462. The number of carbonyl (C=O) groups is 1. The highest BCUT2D eigenvalue weighted by Crippen LogP contribution is 2.34. The summed E-state index contributed by atoms with van der Waals surface area (Å²) in [6, 6.07) is 5.51. The number of carbonyl (C=O) groups excluding carboxylic acids is 1. The van der Waals surface area contributed by atoms with Crippen molar-refractivity contribution in [1.82, 2.24) is 5.32 Å². The van der Waals surface area contributed by atoms with Crippen LogP contribution in [-0.2, 0) is 4.79 Å². The van der Waals surface area contributed by atoms with Crippen LogP contribution < -0.4 is 10.2 Å². The van der Waals surface area contributed by atoms with Crippen molar-refractivity contribution in [2.45, 2.75) is 32.4 Å². The molecule has 3 nitrogen and oxygen atoms in total. The van der Waals surface area contributed by atoms with E-state index in [1.54, 1.807) is 17.0 Å². The molecule has 1 aliphatic heterocycles. The fourth-order valence-electron chi connectivity index (χ4n) is 2.18. The Balaban J connectivity index is 2.21. The van der Waals surface area contributed by atoms with Gasteiger partial charge in [0.2, 0.25) is 5.91 Å². The second kappa shape index (κ2) is 5.47. The Morgan fingerprint density at radius 3 is 2.78 bits per heavy atom. The van der Waals surface area contributed by atoms with Gasteiger partial charge in [-0.2, -0.15) is 0 Å². The van der Waals surface area contributed by atoms with Crippen molar-refractivity contribution in [2.75, 3.05) is 11.4 Å². The van der Waals surface area contributed by atoms with Gasteiger partial charge in [-0.05, 0) is 18.6 Å². The van der Waals surface area contributed by atoms with Gasteiger partial charge in [-0.1, -0.05) is 43.1 Å². The molecule has 1 amide bonds. The summed E-state index contributed by atoms with van der Waals surface area (Å²) in [5, 5.41) is 4.17. The van der Waals surface area contributed by atoms with Crippen LogP contribution in [0.3, 0.4) is 0 Å². The van der Waals surface area contributed by atoms with Crippen LogP contribution in [0.4, 0.5) is 5.69 Å². The van der Waals surface area contributed by atoms with Crippen LogP contribution >= 0.6 is 23.2 Å². The molecular weight excluding hydrogens is 271 g/mol. The second-order valence-corrected chi connectivity index (χ2v) is 5.51. The molecule has 0 bridgehead atoms. The largest absolute Gasteiger partial charge is 0.309 e. The number of hydrogen-bond donors (Lipinski definition) is 1.